The summed E-state index contributed by atoms with van der Waals surface area (Å²) >= 11 is 0. The molecule has 0 aliphatic heterocycles. The van der Waals surface area contributed by atoms with Crippen LogP contribution in [-0.2, 0) is 9.59 Å². The Labute approximate surface area is 91.1 Å². The maximum absolute atomic E-state index is 10.8. The van der Waals surface area contributed by atoms with E-state index >= 15 is 0 Å². The van der Waals surface area contributed by atoms with E-state index in [9.17, 15) is 9.59 Å². The highest BCUT2D eigenvalue weighted by Crippen LogP contribution is 2.22. The van der Waals surface area contributed by atoms with E-state index in [1.807, 2.05) is 0 Å². The summed E-state index contributed by atoms with van der Waals surface area (Å²) < 4.78 is 0. The molecular weight excluding hydrogens is 222 g/mol. The number of Topliss-reactive ketones (excluding diaryl/α,β-unsaturated/α-hetero) is 1. The minimum absolute atomic E-state index is 0.0674. The molecule has 0 bridgehead atoms. The predicted octanol–water partition coefficient (Wildman–Crippen LogP) is -0.334. The Balaban J connectivity index is 3.14. The number of hydrazine groups is 1. The molecular formula is C7H15N3O2S2. The Morgan fingerprint density at radius 2 is 1.71 bits per heavy atom. The van der Waals surface area contributed by atoms with Gasteiger partial charge in [-0.3, -0.25) is 15.0 Å². The average molecular weight is 237 g/mol. The number of nitrogens with one attached hydrogen (secondary N) is 1. The SMILES string of the molecule is NCC(=O)CCSSCCC(=O)NN. The van der Waals surface area contributed by atoms with Gasteiger partial charge in [-0.1, -0.05) is 21.6 Å². The van der Waals surface area contributed by atoms with Crippen LogP contribution in [0.3, 0.4) is 0 Å². The van der Waals surface area contributed by atoms with Crippen molar-refractivity contribution in [2.24, 2.45) is 11.6 Å². The summed E-state index contributed by atoms with van der Waals surface area (Å²) in [6.45, 7) is 0.112. The summed E-state index contributed by atoms with van der Waals surface area (Å²) in [6.07, 6.45) is 0.899. The molecule has 5 N–H and O–H groups in total. The van der Waals surface area contributed by atoms with Crippen LogP contribution < -0.4 is 17.0 Å². The zero-order chi connectivity index (χ0) is 10.8. The van der Waals surface area contributed by atoms with Crippen molar-refractivity contribution in [1.29, 1.82) is 0 Å². The summed E-state index contributed by atoms with van der Waals surface area (Å²) in [4.78, 5) is 21.4. The van der Waals surface area contributed by atoms with Crippen LogP contribution in [0.5, 0.6) is 0 Å². The molecule has 0 aromatic heterocycles. The van der Waals surface area contributed by atoms with Crippen LogP contribution in [0.4, 0.5) is 0 Å². The van der Waals surface area contributed by atoms with Gasteiger partial charge in [-0.2, -0.15) is 0 Å². The number of nitrogens with two attached hydrogens (primary N) is 2. The molecule has 0 aliphatic carbocycles. The van der Waals surface area contributed by atoms with Crippen LogP contribution >= 0.6 is 21.6 Å². The van der Waals surface area contributed by atoms with Crippen LogP contribution in [0.2, 0.25) is 0 Å². The molecule has 0 spiro atoms. The van der Waals surface area contributed by atoms with E-state index in [-0.39, 0.29) is 18.2 Å². The van der Waals surface area contributed by atoms with Gasteiger partial charge in [0, 0.05) is 24.3 Å². The van der Waals surface area contributed by atoms with Gasteiger partial charge in [0.25, 0.3) is 0 Å². The minimum Gasteiger partial charge on any atom is -0.324 e. The first kappa shape index (κ1) is 13.8. The smallest absolute Gasteiger partial charge is 0.234 e. The van der Waals surface area contributed by atoms with Gasteiger partial charge >= 0.3 is 0 Å². The van der Waals surface area contributed by atoms with Crippen molar-refractivity contribution in [2.45, 2.75) is 12.8 Å². The van der Waals surface area contributed by atoms with E-state index in [2.05, 4.69) is 5.43 Å². The first-order valence-corrected chi connectivity index (χ1v) is 6.65. The van der Waals surface area contributed by atoms with Gasteiger partial charge in [0.2, 0.25) is 5.91 Å². The highest BCUT2D eigenvalue weighted by Gasteiger charge is 2.00. The number of ketones is 1. The van der Waals surface area contributed by atoms with Crippen LogP contribution in [-0.4, -0.2) is 29.7 Å². The molecule has 0 fully saturated rings. The predicted molar refractivity (Wildman–Crippen MR) is 60.5 cm³/mol. The van der Waals surface area contributed by atoms with E-state index in [1.165, 1.54) is 0 Å². The molecule has 0 saturated heterocycles. The lowest BCUT2D eigenvalue weighted by molar-refractivity contribution is -0.120. The Morgan fingerprint density at radius 1 is 1.14 bits per heavy atom. The second-order valence-corrected chi connectivity index (χ2v) is 5.16. The number of amides is 1. The molecule has 0 rings (SSSR count). The highest BCUT2D eigenvalue weighted by molar-refractivity contribution is 8.76. The highest BCUT2D eigenvalue weighted by atomic mass is 33.1. The lowest BCUT2D eigenvalue weighted by atomic mass is 10.3. The topological polar surface area (TPSA) is 98.2 Å². The third kappa shape index (κ3) is 8.36. The van der Waals surface area contributed by atoms with E-state index in [0.29, 0.717) is 18.6 Å². The molecule has 0 saturated carbocycles. The van der Waals surface area contributed by atoms with Crippen molar-refractivity contribution in [1.82, 2.24) is 5.43 Å². The standard InChI is InChI=1S/C7H15N3O2S2/c8-5-6(11)1-3-13-14-4-2-7(12)10-9/h1-5,8-9H2,(H,10,12). The quantitative estimate of drug-likeness (QED) is 0.176. The average Bonchev–Trinajstić information content (AvgIpc) is 2.22. The summed E-state index contributed by atoms with van der Waals surface area (Å²) in [7, 11) is 3.13. The third-order valence-electron chi connectivity index (χ3n) is 1.35. The van der Waals surface area contributed by atoms with Gasteiger partial charge in [0.15, 0.2) is 0 Å². The molecule has 82 valence electrons. The van der Waals surface area contributed by atoms with Crippen LogP contribution in [0.25, 0.3) is 0 Å². The fraction of sp³-hybridized carbons (Fsp3) is 0.714. The largest absolute Gasteiger partial charge is 0.324 e. The maximum atomic E-state index is 10.8. The third-order valence-corrected chi connectivity index (χ3v) is 3.76. The lowest BCUT2D eigenvalue weighted by Crippen LogP contribution is -2.30. The Bertz CT molecular complexity index is 170. The van der Waals surface area contributed by atoms with Gasteiger partial charge < -0.3 is 5.73 Å². The van der Waals surface area contributed by atoms with Gasteiger partial charge in [0.1, 0.15) is 5.78 Å². The van der Waals surface area contributed by atoms with Gasteiger partial charge in [-0.05, 0) is 0 Å². The molecule has 0 heterocycles. The number of hydrogen-bond acceptors (Lipinski definition) is 6. The van der Waals surface area contributed by atoms with Gasteiger partial charge in [0.05, 0.1) is 6.54 Å². The Kier molecular flexibility index (Phi) is 9.16. The first-order chi connectivity index (χ1) is 6.70. The normalized spacial score (nSPS) is 9.86. The molecule has 0 aromatic rings. The second kappa shape index (κ2) is 9.32. The lowest BCUT2D eigenvalue weighted by Gasteiger charge is -1.99. The van der Waals surface area contributed by atoms with Crippen molar-refractivity contribution >= 4 is 33.3 Å². The summed E-state index contributed by atoms with van der Waals surface area (Å²) in [6, 6.07) is 0. The van der Waals surface area contributed by atoms with Gasteiger partial charge in [-0.25, -0.2) is 5.84 Å². The zero-order valence-electron chi connectivity index (χ0n) is 7.82. The number of carbonyl (C=O) groups is 2. The molecule has 0 aromatic carbocycles. The zero-order valence-corrected chi connectivity index (χ0v) is 9.46. The van der Waals surface area contributed by atoms with Crippen LogP contribution in [0.15, 0.2) is 0 Å². The van der Waals surface area contributed by atoms with E-state index in [0.717, 1.165) is 5.75 Å². The molecule has 0 atom stereocenters. The summed E-state index contributed by atoms with van der Waals surface area (Å²) in [5.74, 6) is 6.23. The van der Waals surface area contributed by atoms with E-state index < -0.39 is 0 Å². The molecule has 1 amide bonds. The molecule has 14 heavy (non-hydrogen) atoms. The molecule has 7 heteroatoms. The van der Waals surface area contributed by atoms with Crippen LogP contribution in [0.1, 0.15) is 12.8 Å². The number of carbonyl (C=O) groups excluding carboxylic acids is 2. The van der Waals surface area contributed by atoms with E-state index in [4.69, 9.17) is 11.6 Å². The minimum atomic E-state index is -0.170. The maximum Gasteiger partial charge on any atom is 0.234 e. The molecule has 0 radical (unpaired) electrons. The fourth-order valence-corrected chi connectivity index (χ4v) is 2.60. The number of rotatable bonds is 8. The first-order valence-electron chi connectivity index (χ1n) is 4.16. The van der Waals surface area contributed by atoms with Crippen molar-refractivity contribution in [3.63, 3.8) is 0 Å². The van der Waals surface area contributed by atoms with Crippen molar-refractivity contribution < 1.29 is 9.59 Å². The van der Waals surface area contributed by atoms with Crippen molar-refractivity contribution in [2.75, 3.05) is 18.1 Å². The number of hydrogen-bond donors (Lipinski definition) is 3. The summed E-state index contributed by atoms with van der Waals surface area (Å²) in [5.41, 5.74) is 7.19. The second-order valence-electron chi connectivity index (χ2n) is 2.45. The molecule has 5 nitrogen and oxygen atoms in total. The Hall–Kier alpha value is -0.240. The monoisotopic (exact) mass is 237 g/mol. The summed E-state index contributed by atoms with van der Waals surface area (Å²) in [5, 5.41) is 0. The fourth-order valence-electron chi connectivity index (χ4n) is 0.582. The molecule has 0 aliphatic rings. The Morgan fingerprint density at radius 3 is 2.21 bits per heavy atom. The van der Waals surface area contributed by atoms with Crippen molar-refractivity contribution in [3.05, 3.63) is 0 Å². The van der Waals surface area contributed by atoms with E-state index in [1.54, 1.807) is 21.6 Å². The van der Waals surface area contributed by atoms with Gasteiger partial charge in [-0.15, -0.1) is 0 Å². The van der Waals surface area contributed by atoms with Crippen molar-refractivity contribution in [3.8, 4) is 0 Å². The molecule has 0 unspecified atom stereocenters. The van der Waals surface area contributed by atoms with Crippen LogP contribution in [0, 0.1) is 0 Å².